The monoisotopic (exact) mass is 464 g/mol. The number of thioether (sulfide) groups is 1. The third-order valence-electron chi connectivity index (χ3n) is 4.33. The van der Waals surface area contributed by atoms with Crippen molar-refractivity contribution in [2.45, 2.75) is 38.6 Å². The van der Waals surface area contributed by atoms with Crippen LogP contribution < -0.4 is 10.1 Å². The van der Waals surface area contributed by atoms with E-state index in [-0.39, 0.29) is 23.1 Å². The van der Waals surface area contributed by atoms with Gasteiger partial charge in [0.25, 0.3) is 0 Å². The van der Waals surface area contributed by atoms with Gasteiger partial charge < -0.3 is 14.6 Å². The Kier molecular flexibility index (Phi) is 7.79. The van der Waals surface area contributed by atoms with E-state index in [1.54, 1.807) is 19.1 Å². The van der Waals surface area contributed by atoms with Crippen molar-refractivity contribution in [3.8, 4) is 5.75 Å². The highest BCUT2D eigenvalue weighted by atomic mass is 32.2. The van der Waals surface area contributed by atoms with Crippen molar-refractivity contribution < 1.29 is 22.7 Å². The second-order valence-electron chi connectivity index (χ2n) is 7.50. The Bertz CT molecular complexity index is 1090. The van der Waals surface area contributed by atoms with E-state index in [9.17, 15) is 18.0 Å². The summed E-state index contributed by atoms with van der Waals surface area (Å²) in [7, 11) is 0. The number of carbonyl (C=O) groups excluding carboxylic acids is 1. The van der Waals surface area contributed by atoms with Gasteiger partial charge in [0.1, 0.15) is 11.6 Å². The molecule has 1 N–H and O–H groups in total. The van der Waals surface area contributed by atoms with Gasteiger partial charge in [0.05, 0.1) is 11.4 Å². The van der Waals surface area contributed by atoms with Crippen LogP contribution in [0.15, 0.2) is 47.6 Å². The van der Waals surface area contributed by atoms with Gasteiger partial charge in [-0.05, 0) is 37.1 Å². The molecular formula is C22H23F3N4O2S. The van der Waals surface area contributed by atoms with Crippen LogP contribution in [0.5, 0.6) is 5.75 Å². The molecule has 1 unspecified atom stereocenters. The number of ether oxygens (including phenoxy) is 1. The van der Waals surface area contributed by atoms with Crippen LogP contribution in [0.25, 0.3) is 0 Å². The van der Waals surface area contributed by atoms with Gasteiger partial charge in [-0.3, -0.25) is 4.79 Å². The van der Waals surface area contributed by atoms with Crippen LogP contribution in [-0.4, -0.2) is 26.4 Å². The normalized spacial score (nSPS) is 12.1. The third-order valence-corrected chi connectivity index (χ3v) is 5.30. The summed E-state index contributed by atoms with van der Waals surface area (Å²) in [5, 5.41) is 11.2. The van der Waals surface area contributed by atoms with Gasteiger partial charge in [0.2, 0.25) is 5.91 Å². The Morgan fingerprint density at radius 3 is 2.53 bits per heavy atom. The number of carbonyl (C=O) groups is 1. The number of nitrogens with zero attached hydrogens (tertiary/aromatic N) is 3. The zero-order chi connectivity index (χ0) is 23.3. The van der Waals surface area contributed by atoms with Crippen molar-refractivity contribution in [2.75, 3.05) is 11.1 Å². The second kappa shape index (κ2) is 10.5. The number of amides is 1. The SMILES string of the molecule is CC(C)Cn1c(SCC(=O)Nc2ccc(F)cc2F)nnc1C(C)Oc1ccccc1F. The first-order valence-corrected chi connectivity index (χ1v) is 10.9. The molecule has 1 aromatic heterocycles. The van der Waals surface area contributed by atoms with Crippen LogP contribution in [0.3, 0.4) is 0 Å². The number of halogens is 3. The van der Waals surface area contributed by atoms with E-state index in [4.69, 9.17) is 4.74 Å². The zero-order valence-electron chi connectivity index (χ0n) is 17.8. The predicted octanol–water partition coefficient (Wildman–Crippen LogP) is 5.22. The third kappa shape index (κ3) is 6.03. The van der Waals surface area contributed by atoms with E-state index < -0.39 is 29.5 Å². The molecule has 3 rings (SSSR count). The lowest BCUT2D eigenvalue weighted by Crippen LogP contribution is -2.17. The number of aromatic nitrogens is 3. The highest BCUT2D eigenvalue weighted by Gasteiger charge is 2.22. The molecule has 0 aliphatic carbocycles. The van der Waals surface area contributed by atoms with E-state index >= 15 is 0 Å². The van der Waals surface area contributed by atoms with Gasteiger partial charge in [0.15, 0.2) is 28.7 Å². The first-order chi connectivity index (χ1) is 15.2. The summed E-state index contributed by atoms with van der Waals surface area (Å²) in [5.74, 6) is -1.75. The number of hydrogen-bond donors (Lipinski definition) is 1. The fraction of sp³-hybridized carbons (Fsp3) is 0.318. The lowest BCUT2D eigenvalue weighted by Gasteiger charge is -2.18. The van der Waals surface area contributed by atoms with Crippen molar-refractivity contribution in [1.82, 2.24) is 14.8 Å². The largest absolute Gasteiger partial charge is 0.480 e. The number of rotatable bonds is 9. The van der Waals surface area contributed by atoms with Gasteiger partial charge in [-0.1, -0.05) is 37.7 Å². The molecule has 2 aromatic carbocycles. The minimum Gasteiger partial charge on any atom is -0.480 e. The van der Waals surface area contributed by atoms with Crippen molar-refractivity contribution in [1.29, 1.82) is 0 Å². The summed E-state index contributed by atoms with van der Waals surface area (Å²) < 4.78 is 48.3. The summed E-state index contributed by atoms with van der Waals surface area (Å²) >= 11 is 1.12. The molecule has 10 heteroatoms. The Hall–Kier alpha value is -3.01. The first kappa shape index (κ1) is 23.6. The molecule has 0 spiro atoms. The molecule has 32 heavy (non-hydrogen) atoms. The lowest BCUT2D eigenvalue weighted by molar-refractivity contribution is -0.113. The number of para-hydroxylation sites is 1. The number of anilines is 1. The molecule has 1 amide bonds. The maximum absolute atomic E-state index is 14.0. The van der Waals surface area contributed by atoms with Gasteiger partial charge in [-0.15, -0.1) is 10.2 Å². The summed E-state index contributed by atoms with van der Waals surface area (Å²) in [5.41, 5.74) is -0.103. The van der Waals surface area contributed by atoms with Crippen molar-refractivity contribution in [2.24, 2.45) is 5.92 Å². The number of nitrogens with one attached hydrogen (secondary N) is 1. The Balaban J connectivity index is 1.71. The molecule has 0 aliphatic rings. The zero-order valence-corrected chi connectivity index (χ0v) is 18.6. The fourth-order valence-corrected chi connectivity index (χ4v) is 3.69. The maximum Gasteiger partial charge on any atom is 0.234 e. The molecule has 1 heterocycles. The predicted molar refractivity (Wildman–Crippen MR) is 116 cm³/mol. The summed E-state index contributed by atoms with van der Waals surface area (Å²) in [4.78, 5) is 12.3. The average molecular weight is 465 g/mol. The smallest absolute Gasteiger partial charge is 0.234 e. The maximum atomic E-state index is 14.0. The van der Waals surface area contributed by atoms with Crippen LogP contribution in [0.1, 0.15) is 32.7 Å². The minimum atomic E-state index is -0.854. The average Bonchev–Trinajstić information content (AvgIpc) is 3.12. The van der Waals surface area contributed by atoms with Crippen molar-refractivity contribution in [3.05, 3.63) is 65.7 Å². The Morgan fingerprint density at radius 1 is 1.09 bits per heavy atom. The number of benzene rings is 2. The Labute approximate surface area is 188 Å². The minimum absolute atomic E-state index is 0.0599. The van der Waals surface area contributed by atoms with E-state index in [0.717, 1.165) is 23.9 Å². The van der Waals surface area contributed by atoms with Crippen LogP contribution in [0.2, 0.25) is 0 Å². The van der Waals surface area contributed by atoms with Gasteiger partial charge >= 0.3 is 0 Å². The molecule has 0 bridgehead atoms. The first-order valence-electron chi connectivity index (χ1n) is 9.96. The topological polar surface area (TPSA) is 69.0 Å². The molecule has 3 aromatic rings. The van der Waals surface area contributed by atoms with E-state index in [2.05, 4.69) is 15.5 Å². The van der Waals surface area contributed by atoms with Crippen LogP contribution in [0, 0.1) is 23.4 Å². The van der Waals surface area contributed by atoms with Gasteiger partial charge in [-0.2, -0.15) is 0 Å². The molecule has 0 saturated heterocycles. The molecule has 0 aliphatic heterocycles. The summed E-state index contributed by atoms with van der Waals surface area (Å²) in [6, 6.07) is 9.02. The molecular weight excluding hydrogens is 441 g/mol. The molecule has 0 radical (unpaired) electrons. The lowest BCUT2D eigenvalue weighted by atomic mass is 10.2. The van der Waals surface area contributed by atoms with Gasteiger partial charge in [0, 0.05) is 12.6 Å². The molecule has 0 saturated carbocycles. The summed E-state index contributed by atoms with van der Waals surface area (Å²) in [6.45, 7) is 6.34. The van der Waals surface area contributed by atoms with E-state index in [0.29, 0.717) is 23.6 Å². The van der Waals surface area contributed by atoms with Crippen LogP contribution in [0.4, 0.5) is 18.9 Å². The summed E-state index contributed by atoms with van der Waals surface area (Å²) in [6.07, 6.45) is -0.588. The van der Waals surface area contributed by atoms with Crippen molar-refractivity contribution in [3.63, 3.8) is 0 Å². The highest BCUT2D eigenvalue weighted by Crippen LogP contribution is 2.27. The van der Waals surface area contributed by atoms with Crippen LogP contribution in [-0.2, 0) is 11.3 Å². The molecule has 1 atom stereocenters. The number of hydrogen-bond acceptors (Lipinski definition) is 5. The fourth-order valence-electron chi connectivity index (χ4n) is 2.93. The molecule has 0 fully saturated rings. The quantitative estimate of drug-likeness (QED) is 0.440. The van der Waals surface area contributed by atoms with Crippen molar-refractivity contribution >= 4 is 23.4 Å². The second-order valence-corrected chi connectivity index (χ2v) is 8.44. The van der Waals surface area contributed by atoms with Gasteiger partial charge in [-0.25, -0.2) is 13.2 Å². The Morgan fingerprint density at radius 2 is 1.84 bits per heavy atom. The standard InChI is InChI=1S/C22H23F3N4O2S/c1-13(2)11-29-21(14(3)31-19-7-5-4-6-16(19)24)27-28-22(29)32-12-20(30)26-18-9-8-15(23)10-17(18)25/h4-10,13-14H,11-12H2,1-3H3,(H,26,30). The molecule has 170 valence electrons. The molecule has 6 nitrogen and oxygen atoms in total. The van der Waals surface area contributed by atoms with E-state index in [1.807, 2.05) is 18.4 Å². The highest BCUT2D eigenvalue weighted by molar-refractivity contribution is 7.99. The van der Waals surface area contributed by atoms with E-state index in [1.165, 1.54) is 12.1 Å². The van der Waals surface area contributed by atoms with Crippen LogP contribution >= 0.6 is 11.8 Å².